The molecule has 2 amide bonds. The minimum absolute atomic E-state index is 0.0113. The first-order valence-electron chi connectivity index (χ1n) is 9.56. The van der Waals surface area contributed by atoms with Crippen molar-refractivity contribution in [3.8, 4) is 5.75 Å². The van der Waals surface area contributed by atoms with Gasteiger partial charge in [0.25, 0.3) is 11.8 Å². The first kappa shape index (κ1) is 22.4. The molecule has 0 aliphatic carbocycles. The van der Waals surface area contributed by atoms with Crippen LogP contribution in [0.15, 0.2) is 35.2 Å². The van der Waals surface area contributed by atoms with E-state index >= 15 is 0 Å². The first-order valence-corrected chi connectivity index (χ1v) is 10.8. The Bertz CT molecular complexity index is 1190. The van der Waals surface area contributed by atoms with Crippen LogP contribution in [-0.4, -0.2) is 27.8 Å². The summed E-state index contributed by atoms with van der Waals surface area (Å²) < 4.78 is 34.5. The number of hydrogen-bond donors (Lipinski definition) is 2. The average molecular weight is 477 g/mol. The van der Waals surface area contributed by atoms with E-state index in [0.717, 1.165) is 11.8 Å². The van der Waals surface area contributed by atoms with Crippen molar-refractivity contribution in [3.05, 3.63) is 63.6 Å². The molecule has 0 unspecified atom stereocenters. The van der Waals surface area contributed by atoms with Crippen LogP contribution < -0.4 is 15.0 Å². The fourth-order valence-corrected chi connectivity index (χ4v) is 4.48. The Balaban J connectivity index is 1.73. The molecule has 2 aliphatic rings. The molecule has 2 aromatic rings. The molecular formula is C22H18F2N2O4S2. The predicted octanol–water partition coefficient (Wildman–Crippen LogP) is 3.61. The lowest BCUT2D eigenvalue weighted by Gasteiger charge is -2.30. The SMILES string of the molecule is CC(C)(O)c1cc(CN2C(=O)COc3c(F)cc(C=C4SC(=S)NC4=O)cc32)ccc1F. The van der Waals surface area contributed by atoms with Crippen LogP contribution in [0.25, 0.3) is 6.08 Å². The standard InChI is InChI=1S/C22H18F2N2O4S2/c1-22(2,29)13-5-11(3-4-14(13)23)9-26-16-7-12(8-17-20(28)25-21(31)32-17)6-15(24)19(16)30-10-18(26)27/h3-8,29H,9-10H2,1-2H3,(H,25,28,31). The zero-order valence-electron chi connectivity index (χ0n) is 17.1. The van der Waals surface area contributed by atoms with Crippen LogP contribution in [-0.2, 0) is 21.7 Å². The summed E-state index contributed by atoms with van der Waals surface area (Å²) in [4.78, 5) is 26.2. The normalized spacial score (nSPS) is 17.5. The van der Waals surface area contributed by atoms with Gasteiger partial charge in [0.1, 0.15) is 10.1 Å². The van der Waals surface area contributed by atoms with E-state index in [-0.39, 0.29) is 36.1 Å². The molecule has 10 heteroatoms. The number of anilines is 1. The third kappa shape index (κ3) is 4.38. The van der Waals surface area contributed by atoms with Gasteiger partial charge in [-0.2, -0.15) is 0 Å². The number of fused-ring (bicyclic) bond motifs is 1. The number of aliphatic hydroxyl groups is 1. The minimum atomic E-state index is -1.42. The number of carbonyl (C=O) groups is 2. The van der Waals surface area contributed by atoms with Gasteiger partial charge in [-0.05, 0) is 55.3 Å². The fraction of sp³-hybridized carbons (Fsp3) is 0.227. The van der Waals surface area contributed by atoms with E-state index < -0.39 is 23.1 Å². The Morgan fingerprint density at radius 3 is 2.66 bits per heavy atom. The summed E-state index contributed by atoms with van der Waals surface area (Å²) in [5.74, 6) is -2.14. The smallest absolute Gasteiger partial charge is 0.265 e. The number of carbonyl (C=O) groups excluding carboxylic acids is 2. The summed E-state index contributed by atoms with van der Waals surface area (Å²) in [7, 11) is 0. The average Bonchev–Trinajstić information content (AvgIpc) is 3.01. The van der Waals surface area contributed by atoms with Gasteiger partial charge in [-0.3, -0.25) is 9.59 Å². The monoisotopic (exact) mass is 476 g/mol. The number of halogens is 2. The maximum atomic E-state index is 14.8. The van der Waals surface area contributed by atoms with Gasteiger partial charge in [-0.15, -0.1) is 0 Å². The van der Waals surface area contributed by atoms with Crippen LogP contribution in [0.2, 0.25) is 0 Å². The van der Waals surface area contributed by atoms with Gasteiger partial charge in [0, 0.05) is 5.56 Å². The van der Waals surface area contributed by atoms with Crippen molar-refractivity contribution in [1.82, 2.24) is 5.32 Å². The number of amides is 2. The van der Waals surface area contributed by atoms with E-state index in [1.54, 1.807) is 0 Å². The topological polar surface area (TPSA) is 78.9 Å². The van der Waals surface area contributed by atoms with E-state index in [9.17, 15) is 23.5 Å². The lowest BCUT2D eigenvalue weighted by molar-refractivity contribution is -0.121. The number of benzene rings is 2. The Morgan fingerprint density at radius 1 is 1.25 bits per heavy atom. The molecule has 0 saturated carbocycles. The Labute approximate surface area is 192 Å². The van der Waals surface area contributed by atoms with Crippen LogP contribution in [0, 0.1) is 11.6 Å². The fourth-order valence-electron chi connectivity index (χ4n) is 3.44. The second kappa shape index (κ2) is 8.27. The van der Waals surface area contributed by atoms with E-state index in [4.69, 9.17) is 17.0 Å². The van der Waals surface area contributed by atoms with Crippen molar-refractivity contribution in [3.63, 3.8) is 0 Å². The molecule has 32 heavy (non-hydrogen) atoms. The quantitative estimate of drug-likeness (QED) is 0.519. The van der Waals surface area contributed by atoms with Gasteiger partial charge in [0.2, 0.25) is 0 Å². The first-order chi connectivity index (χ1) is 15.0. The molecule has 0 atom stereocenters. The van der Waals surface area contributed by atoms with Crippen molar-refractivity contribution in [2.45, 2.75) is 26.0 Å². The minimum Gasteiger partial charge on any atom is -0.478 e. The molecule has 0 radical (unpaired) electrons. The van der Waals surface area contributed by atoms with Crippen LogP contribution in [0.4, 0.5) is 14.5 Å². The molecule has 6 nitrogen and oxygen atoms in total. The van der Waals surface area contributed by atoms with Gasteiger partial charge in [0.15, 0.2) is 18.2 Å². The summed E-state index contributed by atoms with van der Waals surface area (Å²) in [6.45, 7) is 2.58. The van der Waals surface area contributed by atoms with Crippen molar-refractivity contribution in [2.75, 3.05) is 11.5 Å². The largest absolute Gasteiger partial charge is 0.478 e. The third-order valence-electron chi connectivity index (χ3n) is 4.95. The Hall–Kier alpha value is -2.82. The van der Waals surface area contributed by atoms with Crippen LogP contribution in [0.1, 0.15) is 30.5 Å². The predicted molar refractivity (Wildman–Crippen MR) is 121 cm³/mol. The van der Waals surface area contributed by atoms with Crippen molar-refractivity contribution in [2.24, 2.45) is 0 Å². The zero-order valence-corrected chi connectivity index (χ0v) is 18.7. The highest BCUT2D eigenvalue weighted by Crippen LogP contribution is 2.38. The molecule has 0 aromatic heterocycles. The van der Waals surface area contributed by atoms with E-state index in [1.807, 2.05) is 0 Å². The van der Waals surface area contributed by atoms with E-state index in [0.29, 0.717) is 20.4 Å². The number of thiocarbonyl (C=S) groups is 1. The lowest BCUT2D eigenvalue weighted by Crippen LogP contribution is -2.38. The molecule has 1 fully saturated rings. The molecule has 0 bridgehead atoms. The molecule has 166 valence electrons. The number of nitrogens with one attached hydrogen (secondary N) is 1. The van der Waals surface area contributed by atoms with E-state index in [1.165, 1.54) is 55.2 Å². The number of rotatable bonds is 4. The van der Waals surface area contributed by atoms with Crippen LogP contribution in [0.3, 0.4) is 0 Å². The zero-order chi connectivity index (χ0) is 23.2. The molecule has 2 N–H and O–H groups in total. The molecule has 1 saturated heterocycles. The highest BCUT2D eigenvalue weighted by atomic mass is 32.2. The Kier molecular flexibility index (Phi) is 5.78. The maximum absolute atomic E-state index is 14.8. The van der Waals surface area contributed by atoms with Crippen LogP contribution in [0.5, 0.6) is 5.75 Å². The second-order valence-electron chi connectivity index (χ2n) is 7.84. The summed E-state index contributed by atoms with van der Waals surface area (Å²) in [5, 5.41) is 12.7. The molecule has 0 spiro atoms. The molecule has 2 heterocycles. The third-order valence-corrected chi connectivity index (χ3v) is 6.11. The maximum Gasteiger partial charge on any atom is 0.265 e. The van der Waals surface area contributed by atoms with Crippen LogP contribution >= 0.6 is 24.0 Å². The number of nitrogens with zero attached hydrogens (tertiary/aromatic N) is 1. The van der Waals surface area contributed by atoms with Crippen molar-refractivity contribution < 1.29 is 28.2 Å². The number of thioether (sulfide) groups is 1. The number of ether oxygens (including phenoxy) is 1. The van der Waals surface area contributed by atoms with Gasteiger partial charge in [0.05, 0.1) is 22.7 Å². The van der Waals surface area contributed by atoms with Crippen molar-refractivity contribution >= 4 is 51.9 Å². The lowest BCUT2D eigenvalue weighted by atomic mass is 9.95. The summed E-state index contributed by atoms with van der Waals surface area (Å²) in [6, 6.07) is 6.93. The molecule has 2 aromatic carbocycles. The molecule has 4 rings (SSSR count). The highest BCUT2D eigenvalue weighted by molar-refractivity contribution is 8.26. The second-order valence-corrected chi connectivity index (χ2v) is 9.56. The summed E-state index contributed by atoms with van der Waals surface area (Å²) in [6.07, 6.45) is 1.48. The van der Waals surface area contributed by atoms with Gasteiger partial charge in [-0.25, -0.2) is 8.78 Å². The van der Waals surface area contributed by atoms with Gasteiger partial charge < -0.3 is 20.1 Å². The summed E-state index contributed by atoms with van der Waals surface area (Å²) >= 11 is 6.02. The van der Waals surface area contributed by atoms with E-state index in [2.05, 4.69) is 5.32 Å². The van der Waals surface area contributed by atoms with Gasteiger partial charge in [-0.1, -0.05) is 30.0 Å². The Morgan fingerprint density at radius 2 is 2.00 bits per heavy atom. The molecule has 2 aliphatic heterocycles. The highest BCUT2D eigenvalue weighted by Gasteiger charge is 2.30. The van der Waals surface area contributed by atoms with Gasteiger partial charge >= 0.3 is 0 Å². The molecular weight excluding hydrogens is 458 g/mol. The summed E-state index contributed by atoms with van der Waals surface area (Å²) in [5.41, 5.74) is -0.249. The number of hydrogen-bond acceptors (Lipinski definition) is 6. The van der Waals surface area contributed by atoms with Crippen molar-refractivity contribution in [1.29, 1.82) is 0 Å².